The van der Waals surface area contributed by atoms with Crippen LogP contribution in [0.5, 0.6) is 0 Å². The summed E-state index contributed by atoms with van der Waals surface area (Å²) in [5.74, 6) is 0.170. The van der Waals surface area contributed by atoms with Crippen molar-refractivity contribution in [3.63, 3.8) is 0 Å². The summed E-state index contributed by atoms with van der Waals surface area (Å²) in [5.41, 5.74) is 6.90. The van der Waals surface area contributed by atoms with Gasteiger partial charge in [-0.1, -0.05) is 30.3 Å². The maximum Gasteiger partial charge on any atom is 0.225 e. The summed E-state index contributed by atoms with van der Waals surface area (Å²) in [5, 5.41) is 0. The van der Waals surface area contributed by atoms with Crippen LogP contribution in [0.1, 0.15) is 31.2 Å². The van der Waals surface area contributed by atoms with Gasteiger partial charge in [-0.15, -0.1) is 0 Å². The second-order valence-corrected chi connectivity index (χ2v) is 5.60. The van der Waals surface area contributed by atoms with Crippen LogP contribution in [0.25, 0.3) is 0 Å². The van der Waals surface area contributed by atoms with Crippen molar-refractivity contribution in [2.24, 2.45) is 5.73 Å². The predicted octanol–water partition coefficient (Wildman–Crippen LogP) is 1.98. The molecule has 0 aliphatic carbocycles. The van der Waals surface area contributed by atoms with Crippen molar-refractivity contribution in [3.05, 3.63) is 35.9 Å². The zero-order valence-electron chi connectivity index (χ0n) is 12.7. The third-order valence-electron chi connectivity index (χ3n) is 3.94. The molecule has 1 aromatic rings. The summed E-state index contributed by atoms with van der Waals surface area (Å²) in [6, 6.07) is 10.2. The first-order valence-corrected chi connectivity index (χ1v) is 7.93. The first kappa shape index (κ1) is 16.0. The molecule has 1 aromatic carbocycles. The molecule has 2 N–H and O–H groups in total. The van der Waals surface area contributed by atoms with Crippen molar-refractivity contribution in [1.82, 2.24) is 4.90 Å². The minimum absolute atomic E-state index is 0.100. The Morgan fingerprint density at radius 3 is 2.71 bits per heavy atom. The van der Waals surface area contributed by atoms with Gasteiger partial charge >= 0.3 is 0 Å². The number of amides is 1. The van der Waals surface area contributed by atoms with Gasteiger partial charge in [0.15, 0.2) is 0 Å². The SMILES string of the molecule is NCCN(CCc1ccccc1)C(=O)CC1CCCCO1. The monoisotopic (exact) mass is 290 g/mol. The average molecular weight is 290 g/mol. The molecule has 1 amide bonds. The number of carbonyl (C=O) groups is 1. The van der Waals surface area contributed by atoms with Crippen molar-refractivity contribution in [1.29, 1.82) is 0 Å². The maximum absolute atomic E-state index is 12.4. The Morgan fingerprint density at radius 2 is 2.05 bits per heavy atom. The maximum atomic E-state index is 12.4. The van der Waals surface area contributed by atoms with Crippen molar-refractivity contribution in [2.45, 2.75) is 38.2 Å². The molecule has 1 unspecified atom stereocenters. The van der Waals surface area contributed by atoms with Gasteiger partial charge in [0.05, 0.1) is 12.5 Å². The van der Waals surface area contributed by atoms with Crippen LogP contribution in [0.15, 0.2) is 30.3 Å². The molecule has 1 heterocycles. The van der Waals surface area contributed by atoms with E-state index in [0.29, 0.717) is 19.5 Å². The van der Waals surface area contributed by atoms with Crippen LogP contribution in [-0.2, 0) is 16.0 Å². The lowest BCUT2D eigenvalue weighted by atomic mass is 10.1. The predicted molar refractivity (Wildman–Crippen MR) is 84.0 cm³/mol. The third kappa shape index (κ3) is 5.48. The molecule has 1 saturated heterocycles. The summed E-state index contributed by atoms with van der Waals surface area (Å²) in [6.45, 7) is 2.65. The number of ether oxygens (including phenoxy) is 1. The van der Waals surface area contributed by atoms with Crippen LogP contribution in [-0.4, -0.2) is 43.2 Å². The Balaban J connectivity index is 1.83. The van der Waals surface area contributed by atoms with Gasteiger partial charge in [0, 0.05) is 26.2 Å². The number of hydrogen-bond acceptors (Lipinski definition) is 3. The lowest BCUT2D eigenvalue weighted by Crippen LogP contribution is -2.39. The quantitative estimate of drug-likeness (QED) is 0.835. The number of benzene rings is 1. The van der Waals surface area contributed by atoms with E-state index in [1.54, 1.807) is 0 Å². The minimum Gasteiger partial charge on any atom is -0.378 e. The topological polar surface area (TPSA) is 55.6 Å². The highest BCUT2D eigenvalue weighted by Gasteiger charge is 2.21. The Labute approximate surface area is 127 Å². The van der Waals surface area contributed by atoms with Gasteiger partial charge in [-0.3, -0.25) is 4.79 Å². The summed E-state index contributed by atoms with van der Waals surface area (Å²) >= 11 is 0. The van der Waals surface area contributed by atoms with Crippen LogP contribution in [0.2, 0.25) is 0 Å². The highest BCUT2D eigenvalue weighted by atomic mass is 16.5. The standard InChI is InChI=1S/C17H26N2O2/c18-10-12-19(11-9-15-6-2-1-3-7-15)17(20)14-16-8-4-5-13-21-16/h1-3,6-7,16H,4-5,8-14,18H2. The smallest absolute Gasteiger partial charge is 0.225 e. The Hall–Kier alpha value is -1.39. The molecule has 0 radical (unpaired) electrons. The van der Waals surface area contributed by atoms with Crippen molar-refractivity contribution < 1.29 is 9.53 Å². The van der Waals surface area contributed by atoms with E-state index in [0.717, 1.165) is 32.4 Å². The molecule has 0 aromatic heterocycles. The molecule has 0 saturated carbocycles. The van der Waals surface area contributed by atoms with E-state index in [1.165, 1.54) is 12.0 Å². The average Bonchev–Trinajstić information content (AvgIpc) is 2.53. The van der Waals surface area contributed by atoms with E-state index in [2.05, 4.69) is 12.1 Å². The third-order valence-corrected chi connectivity index (χ3v) is 3.94. The molecule has 21 heavy (non-hydrogen) atoms. The lowest BCUT2D eigenvalue weighted by Gasteiger charge is -2.27. The van der Waals surface area contributed by atoms with Crippen LogP contribution in [0.3, 0.4) is 0 Å². The van der Waals surface area contributed by atoms with Gasteiger partial charge in [-0.25, -0.2) is 0 Å². The normalized spacial score (nSPS) is 18.4. The first-order chi connectivity index (χ1) is 10.3. The fourth-order valence-corrected chi connectivity index (χ4v) is 2.72. The zero-order chi connectivity index (χ0) is 14.9. The molecule has 1 aliphatic rings. The molecular formula is C17H26N2O2. The highest BCUT2D eigenvalue weighted by molar-refractivity contribution is 5.76. The number of nitrogens with zero attached hydrogens (tertiary/aromatic N) is 1. The summed E-state index contributed by atoms with van der Waals surface area (Å²) in [7, 11) is 0. The van der Waals surface area contributed by atoms with Gasteiger partial charge < -0.3 is 15.4 Å². The van der Waals surface area contributed by atoms with E-state index in [1.807, 2.05) is 23.1 Å². The summed E-state index contributed by atoms with van der Waals surface area (Å²) in [6.07, 6.45) is 4.75. The minimum atomic E-state index is 0.100. The molecule has 2 rings (SSSR count). The second kappa shape index (κ2) is 8.80. The molecule has 1 atom stereocenters. The molecule has 4 heteroatoms. The van der Waals surface area contributed by atoms with E-state index in [4.69, 9.17) is 10.5 Å². The molecule has 4 nitrogen and oxygen atoms in total. The summed E-state index contributed by atoms with van der Waals surface area (Å²) in [4.78, 5) is 14.3. The van der Waals surface area contributed by atoms with Gasteiger partial charge in [-0.05, 0) is 31.2 Å². The summed E-state index contributed by atoms with van der Waals surface area (Å²) < 4.78 is 5.66. The molecule has 116 valence electrons. The van der Waals surface area contributed by atoms with Crippen LogP contribution in [0, 0.1) is 0 Å². The molecule has 1 fully saturated rings. The number of rotatable bonds is 7. The van der Waals surface area contributed by atoms with Crippen LogP contribution in [0.4, 0.5) is 0 Å². The van der Waals surface area contributed by atoms with Crippen LogP contribution < -0.4 is 5.73 Å². The molecule has 0 bridgehead atoms. The largest absolute Gasteiger partial charge is 0.378 e. The Kier molecular flexibility index (Phi) is 6.70. The Morgan fingerprint density at radius 1 is 1.24 bits per heavy atom. The lowest BCUT2D eigenvalue weighted by molar-refractivity contribution is -0.135. The molecule has 0 spiro atoms. The Bertz CT molecular complexity index is 416. The fraction of sp³-hybridized carbons (Fsp3) is 0.588. The van der Waals surface area contributed by atoms with E-state index in [-0.39, 0.29) is 12.0 Å². The first-order valence-electron chi connectivity index (χ1n) is 7.93. The molecule has 1 aliphatic heterocycles. The van der Waals surface area contributed by atoms with Gasteiger partial charge in [0.2, 0.25) is 5.91 Å². The highest BCUT2D eigenvalue weighted by Crippen LogP contribution is 2.16. The van der Waals surface area contributed by atoms with E-state index < -0.39 is 0 Å². The number of carbonyl (C=O) groups excluding carboxylic acids is 1. The van der Waals surface area contributed by atoms with Gasteiger partial charge in [0.25, 0.3) is 0 Å². The van der Waals surface area contributed by atoms with E-state index >= 15 is 0 Å². The zero-order valence-corrected chi connectivity index (χ0v) is 12.7. The second-order valence-electron chi connectivity index (χ2n) is 5.60. The van der Waals surface area contributed by atoms with Gasteiger partial charge in [0.1, 0.15) is 0 Å². The number of nitrogens with two attached hydrogens (primary N) is 1. The van der Waals surface area contributed by atoms with Crippen molar-refractivity contribution in [3.8, 4) is 0 Å². The van der Waals surface area contributed by atoms with Crippen molar-refractivity contribution in [2.75, 3.05) is 26.2 Å². The number of hydrogen-bond donors (Lipinski definition) is 1. The van der Waals surface area contributed by atoms with Crippen LogP contribution >= 0.6 is 0 Å². The van der Waals surface area contributed by atoms with E-state index in [9.17, 15) is 4.79 Å². The van der Waals surface area contributed by atoms with Gasteiger partial charge in [-0.2, -0.15) is 0 Å². The van der Waals surface area contributed by atoms with Crippen molar-refractivity contribution >= 4 is 5.91 Å². The molecular weight excluding hydrogens is 264 g/mol. The fourth-order valence-electron chi connectivity index (χ4n) is 2.72.